The Bertz CT molecular complexity index is 1260. The van der Waals surface area contributed by atoms with Crippen molar-refractivity contribution in [2.45, 2.75) is 71.9 Å². The van der Waals surface area contributed by atoms with E-state index in [2.05, 4.69) is 20.9 Å². The largest absolute Gasteiger partial charge is 0.351 e. The van der Waals surface area contributed by atoms with Crippen LogP contribution in [0.3, 0.4) is 0 Å². The first-order chi connectivity index (χ1) is 22.1. The molecule has 1 aromatic carbocycles. The Balaban J connectivity index is 1.62. The summed E-state index contributed by atoms with van der Waals surface area (Å²) in [5.41, 5.74) is 1.95. The number of rotatable bonds is 14. The van der Waals surface area contributed by atoms with Crippen LogP contribution in [0, 0.1) is 5.92 Å². The molecular weight excluding hydrogens is 588 g/mol. The smallest absolute Gasteiger partial charge is 0.322 e. The van der Waals surface area contributed by atoms with E-state index in [4.69, 9.17) is 0 Å². The van der Waals surface area contributed by atoms with Gasteiger partial charge in [-0.15, -0.1) is 0 Å². The van der Waals surface area contributed by atoms with Crippen molar-refractivity contribution in [3.05, 3.63) is 36.0 Å². The zero-order valence-electron chi connectivity index (χ0n) is 27.8. The van der Waals surface area contributed by atoms with Crippen LogP contribution in [0.15, 0.2) is 41.0 Å². The average molecular weight is 639 g/mol. The molecule has 3 rings (SSSR count). The number of carbonyl (C=O) groups is 5. The lowest BCUT2D eigenvalue weighted by Crippen LogP contribution is -2.47. The maximum Gasteiger partial charge on any atom is 0.322 e. The van der Waals surface area contributed by atoms with Crippen LogP contribution < -0.4 is 16.0 Å². The third kappa shape index (κ3) is 10.6. The van der Waals surface area contributed by atoms with E-state index in [-0.39, 0.29) is 49.0 Å². The first kappa shape index (κ1) is 36.1. The summed E-state index contributed by atoms with van der Waals surface area (Å²) < 4.78 is 0. The molecule has 0 saturated carbocycles. The lowest BCUT2D eigenvalue weighted by atomic mass is 10.1. The van der Waals surface area contributed by atoms with Gasteiger partial charge in [0.1, 0.15) is 0 Å². The highest BCUT2D eigenvalue weighted by Crippen LogP contribution is 2.25. The summed E-state index contributed by atoms with van der Waals surface area (Å²) in [5, 5.41) is 8.70. The highest BCUT2D eigenvalue weighted by Gasteiger charge is 2.25. The van der Waals surface area contributed by atoms with Gasteiger partial charge in [0.15, 0.2) is 0 Å². The Kier molecular flexibility index (Phi) is 14.0. The second kappa shape index (κ2) is 17.9. The third-order valence-electron chi connectivity index (χ3n) is 8.35. The molecular formula is C33H50N8O5. The normalized spacial score (nSPS) is 18.4. The summed E-state index contributed by atoms with van der Waals surface area (Å²) in [6, 6.07) is 5.87. The number of nitrogens with zero attached hydrogens (tertiary/aromatic N) is 5. The number of allylic oxidation sites excluding steroid dienone is 1. The SMILES string of the molecule is CCN(CCC(=O)N1CCCC1)C(=O)Nc1ccc(NC(=O)N(C/C=C2/CCC(C)N2C=O)CC(C)NC(=O)C(C)/C=N/C)cc1. The molecule has 3 unspecified atom stereocenters. The van der Waals surface area contributed by atoms with Crippen LogP contribution >= 0.6 is 0 Å². The number of nitrogens with one attached hydrogen (secondary N) is 3. The fourth-order valence-corrected chi connectivity index (χ4v) is 5.59. The summed E-state index contributed by atoms with van der Waals surface area (Å²) in [6.07, 6.45) is 8.22. The minimum atomic E-state index is -0.404. The van der Waals surface area contributed by atoms with Gasteiger partial charge in [-0.1, -0.05) is 0 Å². The monoisotopic (exact) mass is 638 g/mol. The van der Waals surface area contributed by atoms with Gasteiger partial charge in [0.2, 0.25) is 18.2 Å². The molecule has 7 amide bonds. The number of hydrogen-bond donors (Lipinski definition) is 3. The molecule has 3 N–H and O–H groups in total. The number of benzene rings is 1. The van der Waals surface area contributed by atoms with E-state index in [9.17, 15) is 24.0 Å². The molecule has 0 spiro atoms. The molecule has 0 radical (unpaired) electrons. The fourth-order valence-electron chi connectivity index (χ4n) is 5.59. The van der Waals surface area contributed by atoms with Gasteiger partial charge in [-0.2, -0.15) is 0 Å². The van der Waals surface area contributed by atoms with Crippen LogP contribution in [-0.4, -0.2) is 115 Å². The molecule has 252 valence electrons. The minimum absolute atomic E-state index is 0.0743. The van der Waals surface area contributed by atoms with Crippen molar-refractivity contribution in [3.63, 3.8) is 0 Å². The molecule has 2 fully saturated rings. The second-order valence-corrected chi connectivity index (χ2v) is 12.0. The lowest BCUT2D eigenvalue weighted by Gasteiger charge is -2.27. The number of urea groups is 2. The number of amides is 7. The fraction of sp³-hybridized carbons (Fsp3) is 0.576. The number of aliphatic imine (C=N–C) groups is 1. The van der Waals surface area contributed by atoms with Crippen molar-refractivity contribution in [3.8, 4) is 0 Å². The maximum absolute atomic E-state index is 13.5. The minimum Gasteiger partial charge on any atom is -0.351 e. The zero-order valence-corrected chi connectivity index (χ0v) is 27.8. The Morgan fingerprint density at radius 2 is 1.63 bits per heavy atom. The third-order valence-corrected chi connectivity index (χ3v) is 8.35. The van der Waals surface area contributed by atoms with Gasteiger partial charge < -0.3 is 40.5 Å². The predicted octanol–water partition coefficient (Wildman–Crippen LogP) is 3.75. The van der Waals surface area contributed by atoms with Gasteiger partial charge >= 0.3 is 12.1 Å². The van der Waals surface area contributed by atoms with Crippen molar-refractivity contribution in [2.24, 2.45) is 10.9 Å². The molecule has 13 heteroatoms. The summed E-state index contributed by atoms with van der Waals surface area (Å²) in [4.78, 5) is 73.5. The maximum atomic E-state index is 13.5. The zero-order chi connectivity index (χ0) is 33.6. The first-order valence-electron chi connectivity index (χ1n) is 16.2. The topological polar surface area (TPSA) is 147 Å². The summed E-state index contributed by atoms with van der Waals surface area (Å²) >= 11 is 0. The molecule has 1 aromatic rings. The molecule has 46 heavy (non-hydrogen) atoms. The Hall–Kier alpha value is -4.42. The van der Waals surface area contributed by atoms with E-state index in [0.717, 1.165) is 50.9 Å². The van der Waals surface area contributed by atoms with E-state index < -0.39 is 5.92 Å². The van der Waals surface area contributed by atoms with Gasteiger partial charge in [0, 0.05) is 88.1 Å². The molecule has 2 heterocycles. The number of likely N-dealkylation sites (tertiary alicyclic amines) is 2. The van der Waals surface area contributed by atoms with E-state index in [1.165, 1.54) is 0 Å². The quantitative estimate of drug-likeness (QED) is 0.210. The average Bonchev–Trinajstić information content (AvgIpc) is 3.70. The summed E-state index contributed by atoms with van der Waals surface area (Å²) in [6.45, 7) is 10.3. The standard InChI is InChI=1S/C33H50N8O5/c1-6-38(20-16-30(43)39-17-7-8-18-39)32(45)36-27-10-12-28(13-11-27)37-33(46)40(19-15-29-14-9-26(4)41(29)23-42)22-25(3)35-31(44)24(2)21-34-5/h10-13,15,21,23-26H,6-9,14,16-20,22H2,1-5H3,(H,35,44)(H,36,45)(H,37,46)/b29-15-,34-21+. The number of carbonyl (C=O) groups excluding carboxylic acids is 5. The Morgan fingerprint density at radius 1 is 1.02 bits per heavy atom. The molecule has 0 bridgehead atoms. The van der Waals surface area contributed by atoms with Crippen LogP contribution in [0.5, 0.6) is 0 Å². The van der Waals surface area contributed by atoms with Crippen LogP contribution in [0.4, 0.5) is 21.0 Å². The second-order valence-electron chi connectivity index (χ2n) is 12.0. The van der Waals surface area contributed by atoms with E-state index in [1.54, 1.807) is 59.2 Å². The molecule has 0 aromatic heterocycles. The van der Waals surface area contributed by atoms with Gasteiger partial charge in [0.25, 0.3) is 0 Å². The van der Waals surface area contributed by atoms with Gasteiger partial charge in [-0.05, 0) is 83.7 Å². The Morgan fingerprint density at radius 3 is 2.20 bits per heavy atom. The van der Waals surface area contributed by atoms with Crippen molar-refractivity contribution < 1.29 is 24.0 Å². The number of hydrogen-bond acceptors (Lipinski definition) is 6. The molecule has 2 aliphatic heterocycles. The Labute approximate surface area is 272 Å². The van der Waals surface area contributed by atoms with Gasteiger partial charge in [-0.25, -0.2) is 9.59 Å². The molecule has 13 nitrogen and oxygen atoms in total. The highest BCUT2D eigenvalue weighted by molar-refractivity contribution is 5.93. The van der Waals surface area contributed by atoms with Crippen molar-refractivity contribution in [2.75, 3.05) is 56.9 Å². The predicted molar refractivity (Wildman–Crippen MR) is 180 cm³/mol. The first-order valence-corrected chi connectivity index (χ1v) is 16.2. The van der Waals surface area contributed by atoms with E-state index >= 15 is 0 Å². The van der Waals surface area contributed by atoms with Crippen LogP contribution in [0.2, 0.25) is 0 Å². The van der Waals surface area contributed by atoms with E-state index in [1.807, 2.05) is 31.7 Å². The van der Waals surface area contributed by atoms with Crippen molar-refractivity contribution in [1.29, 1.82) is 0 Å². The summed E-state index contributed by atoms with van der Waals surface area (Å²) in [7, 11) is 1.61. The van der Waals surface area contributed by atoms with Crippen LogP contribution in [0.25, 0.3) is 0 Å². The van der Waals surface area contributed by atoms with Gasteiger partial charge in [-0.3, -0.25) is 14.4 Å². The molecule has 2 saturated heterocycles. The molecule has 2 aliphatic rings. The van der Waals surface area contributed by atoms with Crippen molar-refractivity contribution >= 4 is 47.9 Å². The summed E-state index contributed by atoms with van der Waals surface area (Å²) in [5.74, 6) is -0.518. The highest BCUT2D eigenvalue weighted by atomic mass is 16.2. The van der Waals surface area contributed by atoms with Crippen LogP contribution in [0.1, 0.15) is 59.8 Å². The van der Waals surface area contributed by atoms with E-state index in [0.29, 0.717) is 30.9 Å². The van der Waals surface area contributed by atoms with Gasteiger partial charge in [0.05, 0.1) is 5.92 Å². The van der Waals surface area contributed by atoms with Crippen LogP contribution in [-0.2, 0) is 14.4 Å². The molecule has 3 atom stereocenters. The number of anilines is 2. The molecule has 0 aliphatic carbocycles. The van der Waals surface area contributed by atoms with Crippen molar-refractivity contribution in [1.82, 2.24) is 24.9 Å². The lowest BCUT2D eigenvalue weighted by molar-refractivity contribution is -0.130.